The molecule has 1 heterocycles. The highest BCUT2D eigenvalue weighted by Crippen LogP contribution is 2.22. The summed E-state index contributed by atoms with van der Waals surface area (Å²) >= 11 is 0. The molecule has 7 nitrogen and oxygen atoms in total. The maximum absolute atomic E-state index is 13.3. The van der Waals surface area contributed by atoms with E-state index < -0.39 is 22.6 Å². The highest BCUT2D eigenvalue weighted by Gasteiger charge is 2.25. The number of hydrogen-bond donors (Lipinski definition) is 1. The molecule has 176 valence electrons. The smallest absolute Gasteiger partial charge is 0.341 e. The highest BCUT2D eigenvalue weighted by molar-refractivity contribution is 7.89. The van der Waals surface area contributed by atoms with Gasteiger partial charge in [0.25, 0.3) is 0 Å². The number of ether oxygens (including phenoxy) is 1. The van der Waals surface area contributed by atoms with Gasteiger partial charge < -0.3 is 9.84 Å². The van der Waals surface area contributed by atoms with Crippen LogP contribution in [-0.2, 0) is 27.9 Å². The molecule has 8 heteroatoms. The average Bonchev–Trinajstić information content (AvgIpc) is 2.80. The Morgan fingerprint density at radius 1 is 1.00 bits per heavy atom. The number of carbonyl (C=O) groups is 1. The van der Waals surface area contributed by atoms with E-state index in [1.165, 1.54) is 29.2 Å². The molecule has 1 aromatic heterocycles. The van der Waals surface area contributed by atoms with E-state index in [1.807, 2.05) is 31.2 Å². The molecule has 0 atom stereocenters. The van der Waals surface area contributed by atoms with Crippen LogP contribution in [0.3, 0.4) is 0 Å². The van der Waals surface area contributed by atoms with Gasteiger partial charge in [0.2, 0.25) is 10.0 Å². The lowest BCUT2D eigenvalue weighted by molar-refractivity contribution is -0.139. The van der Waals surface area contributed by atoms with Crippen LogP contribution < -0.4 is 4.74 Å². The number of carboxylic acids is 1. The molecule has 1 N–H and O–H groups in total. The zero-order valence-corrected chi connectivity index (χ0v) is 20.0. The third-order valence-corrected chi connectivity index (χ3v) is 6.15. The topological polar surface area (TPSA) is 96.8 Å². The van der Waals surface area contributed by atoms with Crippen molar-refractivity contribution in [3.05, 3.63) is 89.7 Å². The Morgan fingerprint density at radius 2 is 1.67 bits per heavy atom. The Morgan fingerprint density at radius 3 is 2.27 bits per heavy atom. The maximum atomic E-state index is 13.3. The van der Waals surface area contributed by atoms with E-state index in [0.717, 1.165) is 11.1 Å². The van der Waals surface area contributed by atoms with E-state index in [4.69, 9.17) is 9.84 Å². The van der Waals surface area contributed by atoms with Crippen LogP contribution in [0.4, 0.5) is 0 Å². The first-order valence-electron chi connectivity index (χ1n) is 10.7. The van der Waals surface area contributed by atoms with Crippen molar-refractivity contribution in [1.82, 2.24) is 9.29 Å². The third-order valence-electron chi connectivity index (χ3n) is 4.37. The number of aliphatic carboxylic acids is 1. The van der Waals surface area contributed by atoms with Crippen molar-refractivity contribution in [2.75, 3.05) is 6.61 Å². The van der Waals surface area contributed by atoms with Crippen LogP contribution in [-0.4, -0.2) is 35.4 Å². The monoisotopic (exact) mass is 470 g/mol. The summed E-state index contributed by atoms with van der Waals surface area (Å²) in [5, 5.41) is 8.79. The quantitative estimate of drug-likeness (QED) is 0.489. The van der Waals surface area contributed by atoms with E-state index in [2.05, 4.69) is 18.8 Å². The largest absolute Gasteiger partial charge is 0.482 e. The van der Waals surface area contributed by atoms with E-state index in [1.54, 1.807) is 30.3 Å². The Bertz CT molecular complexity index is 1120. The number of rotatable bonds is 9. The summed E-state index contributed by atoms with van der Waals surface area (Å²) in [7, 11) is -3.81. The standard InChI is InChI=1S/C22H22N2O5S.C3H8/c1-17-7-9-18(10-8-17)14-24(30(27,28)21-6-3-11-23-13-21)15-19-4-2-5-20(12-19)29-16-22(25)26;1-3-2/h2-13H,14-16H2,1H3,(H,25,26);3H2,1-2H3. The number of nitrogens with zero attached hydrogens (tertiary/aromatic N) is 2. The average molecular weight is 471 g/mol. The Kier molecular flexibility index (Phi) is 10.0. The second kappa shape index (κ2) is 12.7. The van der Waals surface area contributed by atoms with Gasteiger partial charge in [-0.3, -0.25) is 4.98 Å². The number of hydrogen-bond acceptors (Lipinski definition) is 5. The minimum absolute atomic E-state index is 0.0926. The molecule has 0 aliphatic rings. The van der Waals surface area contributed by atoms with Crippen LogP contribution >= 0.6 is 0 Å². The molecule has 0 radical (unpaired) electrons. The number of aromatic nitrogens is 1. The van der Waals surface area contributed by atoms with Gasteiger partial charge in [-0.25, -0.2) is 13.2 Å². The van der Waals surface area contributed by atoms with Crippen molar-refractivity contribution in [2.45, 2.75) is 45.2 Å². The maximum Gasteiger partial charge on any atom is 0.341 e. The molecule has 0 amide bonds. The molecule has 2 aromatic carbocycles. The van der Waals surface area contributed by atoms with E-state index in [9.17, 15) is 13.2 Å². The van der Waals surface area contributed by atoms with Crippen LogP contribution in [0.1, 0.15) is 37.0 Å². The van der Waals surface area contributed by atoms with Gasteiger partial charge >= 0.3 is 5.97 Å². The molecule has 0 aliphatic heterocycles. The second-order valence-corrected chi connectivity index (χ2v) is 9.42. The molecule has 3 aromatic rings. The van der Waals surface area contributed by atoms with Gasteiger partial charge in [-0.15, -0.1) is 0 Å². The number of benzene rings is 2. The molecule has 0 bridgehead atoms. The highest BCUT2D eigenvalue weighted by atomic mass is 32.2. The van der Waals surface area contributed by atoms with Crippen molar-refractivity contribution in [2.24, 2.45) is 0 Å². The van der Waals surface area contributed by atoms with Gasteiger partial charge in [-0.05, 0) is 42.3 Å². The summed E-state index contributed by atoms with van der Waals surface area (Å²) in [5.74, 6) is -0.718. The van der Waals surface area contributed by atoms with Crippen molar-refractivity contribution >= 4 is 16.0 Å². The number of pyridine rings is 1. The molecule has 0 spiro atoms. The molecular formula is C25H30N2O5S. The summed E-state index contributed by atoms with van der Waals surface area (Å²) < 4.78 is 33.1. The number of carboxylic acid groups (broad SMARTS) is 1. The van der Waals surface area contributed by atoms with Crippen molar-refractivity contribution < 1.29 is 23.1 Å². The predicted molar refractivity (Wildman–Crippen MR) is 127 cm³/mol. The van der Waals surface area contributed by atoms with Crippen LogP contribution in [0.5, 0.6) is 5.75 Å². The summed E-state index contributed by atoms with van der Waals surface area (Å²) in [6.07, 6.45) is 4.09. The summed E-state index contributed by atoms with van der Waals surface area (Å²) in [6, 6.07) is 17.5. The molecule has 0 aliphatic carbocycles. The fourth-order valence-corrected chi connectivity index (χ4v) is 4.23. The summed E-state index contributed by atoms with van der Waals surface area (Å²) in [5.41, 5.74) is 2.62. The molecule has 0 saturated carbocycles. The normalized spacial score (nSPS) is 10.9. The van der Waals surface area contributed by atoms with Gasteiger partial charge in [0.05, 0.1) is 0 Å². The molecule has 0 saturated heterocycles. The van der Waals surface area contributed by atoms with Crippen molar-refractivity contribution in [1.29, 1.82) is 0 Å². The zero-order valence-electron chi connectivity index (χ0n) is 19.1. The van der Waals surface area contributed by atoms with Crippen molar-refractivity contribution in [3.63, 3.8) is 0 Å². The first-order valence-corrected chi connectivity index (χ1v) is 12.1. The SMILES string of the molecule is CCC.Cc1ccc(CN(Cc2cccc(OCC(=O)O)c2)S(=O)(=O)c2cccnc2)cc1. The fourth-order valence-electron chi connectivity index (χ4n) is 2.85. The fraction of sp³-hybridized carbons (Fsp3) is 0.280. The molecule has 3 rings (SSSR count). The first kappa shape index (κ1) is 26.0. The van der Waals surface area contributed by atoms with E-state index >= 15 is 0 Å². The lowest BCUT2D eigenvalue weighted by Gasteiger charge is -2.23. The predicted octanol–water partition coefficient (Wildman–Crippen LogP) is 4.66. The third kappa shape index (κ3) is 8.32. The Hall–Kier alpha value is -3.23. The Labute approximate surface area is 195 Å². The van der Waals surface area contributed by atoms with Gasteiger partial charge in [-0.2, -0.15) is 4.31 Å². The minimum atomic E-state index is -3.81. The lowest BCUT2D eigenvalue weighted by Crippen LogP contribution is -2.30. The molecular weight excluding hydrogens is 440 g/mol. The van der Waals surface area contributed by atoms with Crippen LogP contribution in [0.2, 0.25) is 0 Å². The van der Waals surface area contributed by atoms with Crippen molar-refractivity contribution in [3.8, 4) is 5.75 Å². The van der Waals surface area contributed by atoms with Gasteiger partial charge in [0.1, 0.15) is 10.6 Å². The summed E-state index contributed by atoms with van der Waals surface area (Å²) in [6.45, 7) is 6.02. The lowest BCUT2D eigenvalue weighted by atomic mass is 10.1. The van der Waals surface area contributed by atoms with E-state index in [-0.39, 0.29) is 18.0 Å². The molecule has 0 fully saturated rings. The van der Waals surface area contributed by atoms with Crippen LogP contribution in [0.25, 0.3) is 0 Å². The molecule has 33 heavy (non-hydrogen) atoms. The first-order chi connectivity index (χ1) is 15.8. The van der Waals surface area contributed by atoms with Gasteiger partial charge in [0.15, 0.2) is 6.61 Å². The van der Waals surface area contributed by atoms with Crippen LogP contribution in [0.15, 0.2) is 78.0 Å². The van der Waals surface area contributed by atoms with Gasteiger partial charge in [-0.1, -0.05) is 62.2 Å². The van der Waals surface area contributed by atoms with Crippen LogP contribution in [0, 0.1) is 6.92 Å². The van der Waals surface area contributed by atoms with E-state index in [0.29, 0.717) is 11.3 Å². The molecule has 0 unspecified atom stereocenters. The minimum Gasteiger partial charge on any atom is -0.482 e. The van der Waals surface area contributed by atoms with Gasteiger partial charge in [0, 0.05) is 25.5 Å². The zero-order chi connectivity index (χ0) is 24.3. The Balaban J connectivity index is 0.00000122. The number of sulfonamides is 1. The number of aryl methyl sites for hydroxylation is 1. The second-order valence-electron chi connectivity index (χ2n) is 7.48. The summed E-state index contributed by atoms with van der Waals surface area (Å²) in [4.78, 5) is 14.8.